The lowest BCUT2D eigenvalue weighted by molar-refractivity contribution is -0.139. The first-order chi connectivity index (χ1) is 9.26. The lowest BCUT2D eigenvalue weighted by atomic mass is 10.0. The van der Waals surface area contributed by atoms with Crippen molar-refractivity contribution >= 4 is 16.2 Å². The zero-order valence-corrected chi connectivity index (χ0v) is 13.2. The van der Waals surface area contributed by atoms with Crippen LogP contribution in [0.25, 0.3) is 0 Å². The third-order valence-electron chi connectivity index (χ3n) is 3.73. The van der Waals surface area contributed by atoms with Gasteiger partial charge in [0.25, 0.3) is 10.2 Å². The molecule has 20 heavy (non-hydrogen) atoms. The van der Waals surface area contributed by atoms with E-state index in [0.717, 1.165) is 6.42 Å². The third kappa shape index (κ3) is 5.01. The molecule has 118 valence electrons. The number of carboxylic acid groups (broad SMARTS) is 1. The van der Waals surface area contributed by atoms with Gasteiger partial charge in [0, 0.05) is 26.2 Å². The molecule has 1 aliphatic heterocycles. The van der Waals surface area contributed by atoms with Crippen LogP contribution in [0.5, 0.6) is 0 Å². The van der Waals surface area contributed by atoms with Crippen molar-refractivity contribution in [3.05, 3.63) is 0 Å². The molecule has 0 saturated carbocycles. The Morgan fingerprint density at radius 1 is 1.30 bits per heavy atom. The predicted molar refractivity (Wildman–Crippen MR) is 76.6 cm³/mol. The van der Waals surface area contributed by atoms with Crippen molar-refractivity contribution in [3.63, 3.8) is 0 Å². The predicted octanol–water partition coefficient (Wildman–Crippen LogP) is -0.0424. The Morgan fingerprint density at radius 2 is 1.85 bits per heavy atom. The Morgan fingerprint density at radius 3 is 2.30 bits per heavy atom. The maximum atomic E-state index is 12.2. The van der Waals surface area contributed by atoms with Gasteiger partial charge in [-0.25, -0.2) is 0 Å². The van der Waals surface area contributed by atoms with Gasteiger partial charge in [0.15, 0.2) is 0 Å². The van der Waals surface area contributed by atoms with Gasteiger partial charge in [-0.3, -0.25) is 4.79 Å². The standard InChI is InChI=1S/C12H25N3O4S/c1-4-10(2)9-11(12(16)17)13-20(18,19)15-7-5-14(3)6-8-15/h10-11,13H,4-9H2,1-3H3,(H,16,17). The molecule has 0 bridgehead atoms. The Kier molecular flexibility index (Phi) is 6.38. The molecule has 0 amide bonds. The SMILES string of the molecule is CCC(C)CC(NS(=O)(=O)N1CCN(C)CC1)C(=O)O. The Labute approximate surface area is 121 Å². The summed E-state index contributed by atoms with van der Waals surface area (Å²) in [5, 5.41) is 9.17. The summed E-state index contributed by atoms with van der Waals surface area (Å²) in [6.07, 6.45) is 1.12. The quantitative estimate of drug-likeness (QED) is 0.689. The highest BCUT2D eigenvalue weighted by atomic mass is 32.2. The van der Waals surface area contributed by atoms with E-state index in [0.29, 0.717) is 32.6 Å². The average molecular weight is 307 g/mol. The van der Waals surface area contributed by atoms with Crippen LogP contribution in [0.4, 0.5) is 0 Å². The van der Waals surface area contributed by atoms with Gasteiger partial charge in [0.1, 0.15) is 6.04 Å². The van der Waals surface area contributed by atoms with Crippen molar-refractivity contribution in [2.75, 3.05) is 33.2 Å². The molecule has 2 atom stereocenters. The second-order valence-corrected chi connectivity index (χ2v) is 7.17. The summed E-state index contributed by atoms with van der Waals surface area (Å²) in [5.74, 6) is -0.964. The molecule has 0 spiro atoms. The largest absolute Gasteiger partial charge is 0.480 e. The topological polar surface area (TPSA) is 90.0 Å². The molecule has 1 fully saturated rings. The van der Waals surface area contributed by atoms with Crippen LogP contribution in [-0.2, 0) is 15.0 Å². The van der Waals surface area contributed by atoms with Gasteiger partial charge in [-0.1, -0.05) is 20.3 Å². The molecule has 1 heterocycles. The highest BCUT2D eigenvalue weighted by molar-refractivity contribution is 7.87. The number of carboxylic acids is 1. The normalized spacial score (nSPS) is 21.6. The zero-order chi connectivity index (χ0) is 15.3. The van der Waals surface area contributed by atoms with Gasteiger partial charge in [-0.15, -0.1) is 0 Å². The first-order valence-corrected chi connectivity index (χ1v) is 8.39. The molecule has 2 N–H and O–H groups in total. The minimum Gasteiger partial charge on any atom is -0.480 e. The van der Waals surface area contributed by atoms with Crippen molar-refractivity contribution in [2.24, 2.45) is 5.92 Å². The van der Waals surface area contributed by atoms with Gasteiger partial charge >= 0.3 is 5.97 Å². The van der Waals surface area contributed by atoms with Crippen LogP contribution in [0.15, 0.2) is 0 Å². The second-order valence-electron chi connectivity index (χ2n) is 5.47. The van der Waals surface area contributed by atoms with E-state index < -0.39 is 22.2 Å². The van der Waals surface area contributed by atoms with Crippen LogP contribution >= 0.6 is 0 Å². The highest BCUT2D eigenvalue weighted by Gasteiger charge is 2.31. The molecule has 0 radical (unpaired) electrons. The van der Waals surface area contributed by atoms with E-state index >= 15 is 0 Å². The summed E-state index contributed by atoms with van der Waals surface area (Å²) in [4.78, 5) is 13.3. The van der Waals surface area contributed by atoms with Crippen LogP contribution in [0.3, 0.4) is 0 Å². The Bertz CT molecular complexity index is 418. The number of piperazine rings is 1. The zero-order valence-electron chi connectivity index (χ0n) is 12.4. The number of nitrogens with zero attached hydrogens (tertiary/aromatic N) is 2. The van der Waals surface area contributed by atoms with E-state index in [2.05, 4.69) is 4.72 Å². The van der Waals surface area contributed by atoms with E-state index in [1.165, 1.54) is 4.31 Å². The van der Waals surface area contributed by atoms with E-state index in [9.17, 15) is 13.2 Å². The number of carbonyl (C=O) groups is 1. The molecule has 1 rings (SSSR count). The first kappa shape index (κ1) is 17.4. The van der Waals surface area contributed by atoms with E-state index in [1.54, 1.807) is 0 Å². The van der Waals surface area contributed by atoms with Crippen LogP contribution in [0.1, 0.15) is 26.7 Å². The molecule has 0 aliphatic carbocycles. The lowest BCUT2D eigenvalue weighted by Gasteiger charge is -2.32. The summed E-state index contributed by atoms with van der Waals surface area (Å²) in [5.41, 5.74) is 0. The molecule has 1 aliphatic rings. The van der Waals surface area contributed by atoms with E-state index in [1.807, 2.05) is 25.8 Å². The minimum atomic E-state index is -3.73. The number of likely N-dealkylation sites (N-methyl/N-ethyl adjacent to an activating group) is 1. The van der Waals surface area contributed by atoms with Gasteiger partial charge in [-0.2, -0.15) is 17.4 Å². The van der Waals surface area contributed by atoms with Gasteiger partial charge in [0.2, 0.25) is 0 Å². The second kappa shape index (κ2) is 7.35. The molecule has 1 saturated heterocycles. The number of hydrogen-bond acceptors (Lipinski definition) is 4. The molecular weight excluding hydrogens is 282 g/mol. The Hall–Kier alpha value is -0.700. The van der Waals surface area contributed by atoms with Crippen molar-refractivity contribution in [3.8, 4) is 0 Å². The molecular formula is C12H25N3O4S. The van der Waals surface area contributed by atoms with Gasteiger partial charge in [-0.05, 0) is 19.4 Å². The summed E-state index contributed by atoms with van der Waals surface area (Å²) in [6.45, 7) is 5.97. The maximum absolute atomic E-state index is 12.2. The number of aliphatic carboxylic acids is 1. The molecule has 7 nitrogen and oxygen atoms in total. The van der Waals surface area contributed by atoms with Crippen molar-refractivity contribution in [1.82, 2.24) is 13.9 Å². The molecule has 8 heteroatoms. The van der Waals surface area contributed by atoms with Crippen LogP contribution < -0.4 is 4.72 Å². The van der Waals surface area contributed by atoms with Crippen molar-refractivity contribution in [1.29, 1.82) is 0 Å². The molecule has 0 aromatic carbocycles. The van der Waals surface area contributed by atoms with Crippen LogP contribution in [0, 0.1) is 5.92 Å². The Balaban J connectivity index is 2.68. The van der Waals surface area contributed by atoms with E-state index in [4.69, 9.17) is 5.11 Å². The smallest absolute Gasteiger partial charge is 0.321 e. The fourth-order valence-corrected chi connectivity index (χ4v) is 3.40. The summed E-state index contributed by atoms with van der Waals surface area (Å²) in [6, 6.07) is -1.06. The first-order valence-electron chi connectivity index (χ1n) is 6.95. The minimum absolute atomic E-state index is 0.159. The summed E-state index contributed by atoms with van der Waals surface area (Å²) < 4.78 is 28.1. The fourth-order valence-electron chi connectivity index (χ4n) is 2.05. The number of nitrogens with one attached hydrogen (secondary N) is 1. The van der Waals surface area contributed by atoms with Crippen LogP contribution in [0.2, 0.25) is 0 Å². The number of rotatable bonds is 7. The fraction of sp³-hybridized carbons (Fsp3) is 0.917. The molecule has 2 unspecified atom stereocenters. The maximum Gasteiger partial charge on any atom is 0.321 e. The summed E-state index contributed by atoms with van der Waals surface area (Å²) >= 11 is 0. The van der Waals surface area contributed by atoms with Gasteiger partial charge in [0.05, 0.1) is 0 Å². The molecule has 0 aromatic rings. The van der Waals surface area contributed by atoms with Crippen molar-refractivity contribution < 1.29 is 18.3 Å². The lowest BCUT2D eigenvalue weighted by Crippen LogP contribution is -2.54. The molecule has 0 aromatic heterocycles. The average Bonchev–Trinajstić information content (AvgIpc) is 2.37. The monoisotopic (exact) mass is 307 g/mol. The highest BCUT2D eigenvalue weighted by Crippen LogP contribution is 2.12. The van der Waals surface area contributed by atoms with Gasteiger partial charge < -0.3 is 10.0 Å². The van der Waals surface area contributed by atoms with E-state index in [-0.39, 0.29) is 5.92 Å². The number of hydrogen-bond donors (Lipinski definition) is 2. The van der Waals surface area contributed by atoms with Crippen LogP contribution in [-0.4, -0.2) is 68.0 Å². The third-order valence-corrected chi connectivity index (χ3v) is 5.35. The van der Waals surface area contributed by atoms with Crippen molar-refractivity contribution in [2.45, 2.75) is 32.7 Å². The summed E-state index contributed by atoms with van der Waals surface area (Å²) in [7, 11) is -1.80.